The van der Waals surface area contributed by atoms with E-state index >= 15 is 0 Å². The summed E-state index contributed by atoms with van der Waals surface area (Å²) in [6.07, 6.45) is 14.2. The summed E-state index contributed by atoms with van der Waals surface area (Å²) < 4.78 is 11.2. The molecule has 0 aliphatic carbocycles. The van der Waals surface area contributed by atoms with Crippen molar-refractivity contribution in [3.8, 4) is 0 Å². The average Bonchev–Trinajstić information content (AvgIpc) is 2.72. The molecule has 0 amide bonds. The van der Waals surface area contributed by atoms with Gasteiger partial charge < -0.3 is 9.47 Å². The smallest absolute Gasteiger partial charge is 0.135 e. The number of hydrogen-bond donors (Lipinski definition) is 0. The van der Waals surface area contributed by atoms with E-state index < -0.39 is 0 Å². The SMILES string of the molecule is COC/C=C/C=C\C=C1C=C(c2ccccc2)OC(c2ccccc2)=C1. The molecule has 130 valence electrons. The molecule has 0 radical (unpaired) electrons. The summed E-state index contributed by atoms with van der Waals surface area (Å²) in [5, 5.41) is 0. The van der Waals surface area contributed by atoms with Gasteiger partial charge in [-0.25, -0.2) is 0 Å². The molecule has 2 aromatic carbocycles. The molecular weight excluding hydrogens is 320 g/mol. The van der Waals surface area contributed by atoms with Crippen LogP contribution in [0.5, 0.6) is 0 Å². The largest absolute Gasteiger partial charge is 0.456 e. The first kappa shape index (κ1) is 17.7. The Hall–Kier alpha value is -3.10. The van der Waals surface area contributed by atoms with Crippen LogP contribution in [0.4, 0.5) is 0 Å². The minimum Gasteiger partial charge on any atom is -0.456 e. The van der Waals surface area contributed by atoms with Gasteiger partial charge in [-0.15, -0.1) is 0 Å². The van der Waals surface area contributed by atoms with Crippen LogP contribution in [0.2, 0.25) is 0 Å². The molecule has 0 saturated carbocycles. The van der Waals surface area contributed by atoms with E-state index in [0.717, 1.165) is 28.2 Å². The zero-order chi connectivity index (χ0) is 18.0. The highest BCUT2D eigenvalue weighted by molar-refractivity contribution is 5.77. The standard InChI is InChI=1S/C24H22O2/c1-25-17-11-3-2-6-12-20-18-23(21-13-7-4-8-14-21)26-24(19-20)22-15-9-5-10-16-22/h2-16,18-19H,17H2,1H3/b6-2-,11-3+. The number of ether oxygens (including phenoxy) is 2. The van der Waals surface area contributed by atoms with Crippen LogP contribution in [0.3, 0.4) is 0 Å². The fraction of sp³-hybridized carbons (Fsp3) is 0.0833. The molecule has 1 aliphatic heterocycles. The molecule has 26 heavy (non-hydrogen) atoms. The Balaban J connectivity index is 1.89. The van der Waals surface area contributed by atoms with Gasteiger partial charge >= 0.3 is 0 Å². The van der Waals surface area contributed by atoms with Gasteiger partial charge in [-0.2, -0.15) is 0 Å². The van der Waals surface area contributed by atoms with E-state index in [1.807, 2.05) is 60.7 Å². The van der Waals surface area contributed by atoms with E-state index in [1.54, 1.807) is 7.11 Å². The minimum absolute atomic E-state index is 0.616. The predicted molar refractivity (Wildman–Crippen MR) is 108 cm³/mol. The van der Waals surface area contributed by atoms with E-state index in [1.165, 1.54) is 0 Å². The van der Waals surface area contributed by atoms with Crippen molar-refractivity contribution in [3.63, 3.8) is 0 Å². The normalized spacial score (nSPS) is 14.3. The van der Waals surface area contributed by atoms with E-state index in [2.05, 4.69) is 42.5 Å². The quantitative estimate of drug-likeness (QED) is 0.619. The number of allylic oxidation sites excluding steroid dienone is 7. The van der Waals surface area contributed by atoms with Crippen molar-refractivity contribution in [1.82, 2.24) is 0 Å². The summed E-state index contributed by atoms with van der Waals surface area (Å²) in [7, 11) is 1.68. The van der Waals surface area contributed by atoms with E-state index in [9.17, 15) is 0 Å². The van der Waals surface area contributed by atoms with E-state index in [-0.39, 0.29) is 0 Å². The molecule has 2 heteroatoms. The lowest BCUT2D eigenvalue weighted by molar-refractivity contribution is 0.234. The molecular formula is C24H22O2. The molecule has 0 atom stereocenters. The Kier molecular flexibility index (Phi) is 6.40. The van der Waals surface area contributed by atoms with Crippen molar-refractivity contribution in [2.45, 2.75) is 0 Å². The predicted octanol–water partition coefficient (Wildman–Crippen LogP) is 5.78. The summed E-state index contributed by atoms with van der Waals surface area (Å²) in [6.45, 7) is 0.616. The van der Waals surface area contributed by atoms with Gasteiger partial charge in [-0.05, 0) is 17.7 Å². The first-order chi connectivity index (χ1) is 12.9. The third kappa shape index (κ3) is 4.95. The van der Waals surface area contributed by atoms with Crippen LogP contribution in [0.15, 0.2) is 109 Å². The fourth-order valence-electron chi connectivity index (χ4n) is 2.57. The summed E-state index contributed by atoms with van der Waals surface area (Å²) in [6, 6.07) is 20.3. The van der Waals surface area contributed by atoms with Crippen molar-refractivity contribution in [2.75, 3.05) is 13.7 Å². The van der Waals surface area contributed by atoms with Crippen LogP contribution >= 0.6 is 0 Å². The van der Waals surface area contributed by atoms with Gasteiger partial charge in [0.2, 0.25) is 0 Å². The van der Waals surface area contributed by atoms with E-state index in [4.69, 9.17) is 9.47 Å². The number of benzene rings is 2. The average molecular weight is 342 g/mol. The van der Waals surface area contributed by atoms with Crippen molar-refractivity contribution < 1.29 is 9.47 Å². The van der Waals surface area contributed by atoms with Gasteiger partial charge in [0.05, 0.1) is 6.61 Å². The Morgan fingerprint density at radius 1 is 0.769 bits per heavy atom. The van der Waals surface area contributed by atoms with Crippen molar-refractivity contribution in [3.05, 3.63) is 120 Å². The Labute approximate surface area is 155 Å². The van der Waals surface area contributed by atoms with Crippen LogP contribution in [0.1, 0.15) is 11.1 Å². The Morgan fingerprint density at radius 2 is 1.35 bits per heavy atom. The Morgan fingerprint density at radius 3 is 1.88 bits per heavy atom. The molecule has 0 spiro atoms. The third-order valence-electron chi connectivity index (χ3n) is 3.84. The molecule has 0 saturated heterocycles. The van der Waals surface area contributed by atoms with Gasteiger partial charge in [0.15, 0.2) is 0 Å². The summed E-state index contributed by atoms with van der Waals surface area (Å²) >= 11 is 0. The molecule has 3 rings (SSSR count). The van der Waals surface area contributed by atoms with Crippen molar-refractivity contribution in [2.24, 2.45) is 0 Å². The molecule has 1 heterocycles. The first-order valence-electron chi connectivity index (χ1n) is 8.61. The van der Waals surface area contributed by atoms with Crippen LogP contribution in [0, 0.1) is 0 Å². The van der Waals surface area contributed by atoms with Crippen LogP contribution < -0.4 is 0 Å². The molecule has 0 bridgehead atoms. The van der Waals surface area contributed by atoms with Gasteiger partial charge in [-0.1, -0.05) is 91.0 Å². The van der Waals surface area contributed by atoms with Crippen LogP contribution in [-0.4, -0.2) is 13.7 Å². The number of methoxy groups -OCH3 is 1. The highest BCUT2D eigenvalue weighted by Crippen LogP contribution is 2.31. The lowest BCUT2D eigenvalue weighted by atomic mass is 10.0. The van der Waals surface area contributed by atoms with Gasteiger partial charge in [0.1, 0.15) is 11.5 Å². The lowest BCUT2D eigenvalue weighted by Gasteiger charge is -2.18. The molecule has 0 fully saturated rings. The maximum atomic E-state index is 6.17. The molecule has 2 nitrogen and oxygen atoms in total. The monoisotopic (exact) mass is 342 g/mol. The second-order valence-corrected chi connectivity index (χ2v) is 5.79. The van der Waals surface area contributed by atoms with Crippen molar-refractivity contribution >= 4 is 11.5 Å². The molecule has 2 aromatic rings. The molecule has 0 N–H and O–H groups in total. The highest BCUT2D eigenvalue weighted by atomic mass is 16.5. The molecule has 1 aliphatic rings. The second-order valence-electron chi connectivity index (χ2n) is 5.79. The minimum atomic E-state index is 0.616. The maximum Gasteiger partial charge on any atom is 0.135 e. The third-order valence-corrected chi connectivity index (χ3v) is 3.84. The summed E-state index contributed by atoms with van der Waals surface area (Å²) in [5.74, 6) is 1.70. The highest BCUT2D eigenvalue weighted by Gasteiger charge is 2.14. The van der Waals surface area contributed by atoms with Crippen LogP contribution in [0.25, 0.3) is 11.5 Å². The molecule has 0 unspecified atom stereocenters. The maximum absolute atomic E-state index is 6.17. The number of rotatable bonds is 6. The zero-order valence-corrected chi connectivity index (χ0v) is 14.8. The Bertz CT molecular complexity index is 796. The van der Waals surface area contributed by atoms with E-state index in [0.29, 0.717) is 6.61 Å². The van der Waals surface area contributed by atoms with Gasteiger partial charge in [0.25, 0.3) is 0 Å². The van der Waals surface area contributed by atoms with Crippen molar-refractivity contribution in [1.29, 1.82) is 0 Å². The molecule has 0 aromatic heterocycles. The fourth-order valence-corrected chi connectivity index (χ4v) is 2.57. The van der Waals surface area contributed by atoms with Gasteiger partial charge in [0, 0.05) is 18.2 Å². The number of hydrogen-bond acceptors (Lipinski definition) is 2. The first-order valence-corrected chi connectivity index (χ1v) is 8.61. The van der Waals surface area contributed by atoms with Crippen LogP contribution in [-0.2, 0) is 9.47 Å². The summed E-state index contributed by atoms with van der Waals surface area (Å²) in [4.78, 5) is 0. The summed E-state index contributed by atoms with van der Waals surface area (Å²) in [5.41, 5.74) is 3.21. The lowest BCUT2D eigenvalue weighted by Crippen LogP contribution is -1.99. The topological polar surface area (TPSA) is 18.5 Å². The zero-order valence-electron chi connectivity index (χ0n) is 14.8. The van der Waals surface area contributed by atoms with Gasteiger partial charge in [-0.3, -0.25) is 0 Å². The second kappa shape index (κ2) is 9.40.